The summed E-state index contributed by atoms with van der Waals surface area (Å²) in [7, 11) is -13.4. The minimum absolute atomic E-state index is 0. The largest absolute Gasteiger partial charge is 1.00 e. The van der Waals surface area contributed by atoms with Crippen LogP contribution in [0.5, 0.6) is 0 Å². The predicted molar refractivity (Wildman–Crippen MR) is 149 cm³/mol. The summed E-state index contributed by atoms with van der Waals surface area (Å²) in [6, 6.07) is 20.4. The quantitative estimate of drug-likeness (QED) is 0.145. The van der Waals surface area contributed by atoms with Gasteiger partial charge in [0, 0.05) is 35.6 Å². The van der Waals surface area contributed by atoms with Gasteiger partial charge in [-0.05, 0) is 36.4 Å². The van der Waals surface area contributed by atoms with E-state index in [1.165, 1.54) is 36.9 Å². The Kier molecular flexibility index (Phi) is 11.0. The van der Waals surface area contributed by atoms with Gasteiger partial charge in [-0.25, -0.2) is 8.42 Å². The summed E-state index contributed by atoms with van der Waals surface area (Å²) in [5.41, 5.74) is -4.74. The van der Waals surface area contributed by atoms with Crippen LogP contribution in [0.1, 0.15) is 0 Å². The first kappa shape index (κ1) is 35.5. The number of hydrogen-bond donors (Lipinski definition) is 0. The number of nitrogens with zero attached hydrogens (tertiary/aromatic N) is 6. The van der Waals surface area contributed by atoms with Crippen molar-refractivity contribution >= 4 is 52.0 Å². The average Bonchev–Trinajstić information content (AvgIpc) is 3.72. The van der Waals surface area contributed by atoms with Gasteiger partial charge in [-0.3, -0.25) is 9.97 Å². The molecule has 0 bridgehead atoms. The molecule has 13 nitrogen and oxygen atoms in total. The van der Waals surface area contributed by atoms with Gasteiger partial charge in [-0.2, -0.15) is 48.4 Å². The van der Waals surface area contributed by atoms with Gasteiger partial charge in [-0.15, -0.1) is 0 Å². The molecule has 0 fully saturated rings. The SMILES string of the molecule is O=S(=O)([O-])C(F)(F)F.O=S(=O)(c1cccc2cccnc12)n1cccn1.O=S(=O)(c1cccc2cccnc12)n1cccn1.[Ag+]. The molecule has 0 N–H and O–H groups in total. The van der Waals surface area contributed by atoms with Crippen LogP contribution in [-0.2, 0) is 52.5 Å². The summed E-state index contributed by atoms with van der Waals surface area (Å²) >= 11 is 0. The molecule has 0 radical (unpaired) electrons. The molecular formula is C25H18AgF3N6O7S3. The molecule has 20 heteroatoms. The van der Waals surface area contributed by atoms with Crippen molar-refractivity contribution in [2.45, 2.75) is 15.3 Å². The Morgan fingerprint density at radius 3 is 1.24 bits per heavy atom. The summed E-state index contributed by atoms with van der Waals surface area (Å²) in [5.74, 6) is 0. The van der Waals surface area contributed by atoms with E-state index in [0.29, 0.717) is 11.0 Å². The summed E-state index contributed by atoms with van der Waals surface area (Å²) in [5, 5.41) is 9.11. The molecule has 6 rings (SSSR count). The molecule has 4 aromatic heterocycles. The molecule has 0 aliphatic carbocycles. The number of para-hydroxylation sites is 2. The minimum Gasteiger partial charge on any atom is -0.741 e. The standard InChI is InChI=1S/2C12H9N3O2S.CHF3O3S.Ag/c2*16-18(17,15-9-3-8-14-15)11-6-1-4-10-5-2-7-13-12(10)11;2-1(3,4)8(5,6)7;/h2*1-9H;(H,5,6,7);/q;;;+1/p-1. The average molecular weight is 776 g/mol. The second-order valence-corrected chi connectivity index (χ2v) is 13.2. The zero-order chi connectivity index (χ0) is 32.2. The van der Waals surface area contributed by atoms with E-state index in [2.05, 4.69) is 20.2 Å². The van der Waals surface area contributed by atoms with Crippen LogP contribution in [0.25, 0.3) is 21.8 Å². The molecule has 45 heavy (non-hydrogen) atoms. The Morgan fingerprint density at radius 1 is 0.578 bits per heavy atom. The molecule has 0 atom stereocenters. The number of halogens is 3. The van der Waals surface area contributed by atoms with Gasteiger partial charge >= 0.3 is 27.9 Å². The smallest absolute Gasteiger partial charge is 0.741 e. The van der Waals surface area contributed by atoms with Crippen LogP contribution in [0, 0.1) is 0 Å². The second kappa shape index (κ2) is 14.0. The van der Waals surface area contributed by atoms with Crippen molar-refractivity contribution < 1.29 is 65.4 Å². The molecule has 2 aromatic carbocycles. The number of aromatic nitrogens is 6. The molecule has 0 spiro atoms. The van der Waals surface area contributed by atoms with E-state index in [9.17, 15) is 30.0 Å². The third kappa shape index (κ3) is 8.00. The van der Waals surface area contributed by atoms with Crippen LogP contribution in [0.3, 0.4) is 0 Å². The Bertz CT molecular complexity index is 2080. The van der Waals surface area contributed by atoms with Gasteiger partial charge in [0.05, 0.1) is 23.4 Å². The summed E-state index contributed by atoms with van der Waals surface area (Å²) < 4.78 is 110. The molecule has 0 saturated carbocycles. The molecule has 0 amide bonds. The number of alkyl halides is 3. The van der Waals surface area contributed by atoms with Crippen molar-refractivity contribution in [3.8, 4) is 0 Å². The Hall–Kier alpha value is -3.98. The van der Waals surface area contributed by atoms with Gasteiger partial charge in [0.2, 0.25) is 0 Å². The number of hydrogen-bond acceptors (Lipinski definition) is 11. The molecule has 0 aliphatic rings. The predicted octanol–water partition coefficient (Wildman–Crippen LogP) is 3.39. The maximum Gasteiger partial charge on any atom is 1.00 e. The van der Waals surface area contributed by atoms with Crippen molar-refractivity contribution in [1.82, 2.24) is 28.3 Å². The number of pyridine rings is 2. The Morgan fingerprint density at radius 2 is 0.933 bits per heavy atom. The van der Waals surface area contributed by atoms with Gasteiger partial charge in [0.1, 0.15) is 9.79 Å². The van der Waals surface area contributed by atoms with Crippen molar-refractivity contribution in [3.05, 3.63) is 110 Å². The van der Waals surface area contributed by atoms with Gasteiger partial charge < -0.3 is 4.55 Å². The fourth-order valence-corrected chi connectivity index (χ4v) is 6.12. The topological polar surface area (TPSA) is 187 Å². The monoisotopic (exact) mass is 774 g/mol. The second-order valence-electron chi connectivity index (χ2n) is 8.33. The van der Waals surface area contributed by atoms with E-state index in [1.54, 1.807) is 48.8 Å². The fourth-order valence-electron chi connectivity index (χ4n) is 3.56. The van der Waals surface area contributed by atoms with Crippen LogP contribution in [0.15, 0.2) is 120 Å². The van der Waals surface area contributed by atoms with Crippen molar-refractivity contribution in [1.29, 1.82) is 0 Å². The Labute approximate surface area is 269 Å². The molecule has 0 saturated heterocycles. The van der Waals surface area contributed by atoms with Gasteiger partial charge in [-0.1, -0.05) is 36.4 Å². The van der Waals surface area contributed by atoms with Crippen molar-refractivity contribution in [2.24, 2.45) is 0 Å². The van der Waals surface area contributed by atoms with E-state index in [-0.39, 0.29) is 32.2 Å². The van der Waals surface area contributed by atoms with E-state index in [0.717, 1.165) is 18.9 Å². The van der Waals surface area contributed by atoms with E-state index >= 15 is 0 Å². The third-order valence-electron chi connectivity index (χ3n) is 5.48. The molecule has 0 unspecified atom stereocenters. The first-order valence-electron chi connectivity index (χ1n) is 11.8. The summed E-state index contributed by atoms with van der Waals surface area (Å²) in [6.45, 7) is 0. The maximum absolute atomic E-state index is 12.4. The van der Waals surface area contributed by atoms with Gasteiger partial charge in [0.15, 0.2) is 10.1 Å². The van der Waals surface area contributed by atoms with Gasteiger partial charge in [0.25, 0.3) is 20.0 Å². The molecule has 240 valence electrons. The van der Waals surface area contributed by atoms with Crippen LogP contribution >= 0.6 is 0 Å². The van der Waals surface area contributed by atoms with Crippen LogP contribution in [-0.4, -0.2) is 63.7 Å². The zero-order valence-electron chi connectivity index (χ0n) is 22.1. The van der Waals surface area contributed by atoms with Crippen molar-refractivity contribution in [2.75, 3.05) is 0 Å². The number of fused-ring (bicyclic) bond motifs is 2. The van der Waals surface area contributed by atoms with Crippen LogP contribution in [0.2, 0.25) is 0 Å². The third-order valence-corrected chi connectivity index (χ3v) is 9.24. The van der Waals surface area contributed by atoms with E-state index in [4.69, 9.17) is 13.0 Å². The minimum atomic E-state index is -6.09. The first-order valence-corrected chi connectivity index (χ1v) is 16.1. The normalized spacial score (nSPS) is 11.9. The van der Waals surface area contributed by atoms with Crippen LogP contribution < -0.4 is 0 Å². The fraction of sp³-hybridized carbons (Fsp3) is 0.0400. The number of rotatable bonds is 4. The summed E-state index contributed by atoms with van der Waals surface area (Å²) in [4.78, 5) is 8.59. The molecule has 0 aliphatic heterocycles. The Balaban J connectivity index is 0.000000196. The molecule has 4 heterocycles. The summed E-state index contributed by atoms with van der Waals surface area (Å²) in [6.07, 6.45) is 8.80. The number of benzene rings is 2. The first-order chi connectivity index (χ1) is 20.6. The van der Waals surface area contributed by atoms with E-state index in [1.807, 2.05) is 24.3 Å². The molecular weight excluding hydrogens is 757 g/mol. The zero-order valence-corrected chi connectivity index (χ0v) is 26.0. The van der Waals surface area contributed by atoms with E-state index < -0.39 is 35.7 Å². The van der Waals surface area contributed by atoms with Crippen molar-refractivity contribution in [3.63, 3.8) is 0 Å². The molecule has 6 aromatic rings. The maximum atomic E-state index is 12.4. The van der Waals surface area contributed by atoms with Crippen LogP contribution in [0.4, 0.5) is 13.2 Å².